The summed E-state index contributed by atoms with van der Waals surface area (Å²) < 4.78 is 43.3. The lowest BCUT2D eigenvalue weighted by Gasteiger charge is -2.44. The fourth-order valence-electron chi connectivity index (χ4n) is 6.08. The molecule has 7 nitrogen and oxygen atoms in total. The van der Waals surface area contributed by atoms with Crippen molar-refractivity contribution in [1.29, 1.82) is 0 Å². The van der Waals surface area contributed by atoms with Crippen LogP contribution in [0.25, 0.3) is 0 Å². The van der Waals surface area contributed by atoms with Gasteiger partial charge in [-0.05, 0) is 78.9 Å². The molecule has 2 heterocycles. The number of hydrogen-bond acceptors (Lipinski definition) is 4. The third-order valence-corrected chi connectivity index (χ3v) is 10.4. The van der Waals surface area contributed by atoms with Gasteiger partial charge >= 0.3 is 0 Å². The van der Waals surface area contributed by atoms with Crippen molar-refractivity contribution in [3.05, 3.63) is 107 Å². The summed E-state index contributed by atoms with van der Waals surface area (Å²) in [4.78, 5) is 27.2. The Hall–Kier alpha value is -3.69. The van der Waals surface area contributed by atoms with Crippen molar-refractivity contribution in [2.75, 3.05) is 17.4 Å². The summed E-state index contributed by atoms with van der Waals surface area (Å²) in [6, 6.07) is 16.5. The fraction of sp³-hybridized carbons (Fsp3) is 0.290. The maximum atomic E-state index is 14.1. The van der Waals surface area contributed by atoms with Gasteiger partial charge in [0.2, 0.25) is 5.91 Å². The maximum Gasteiger partial charge on any atom is 0.264 e. The van der Waals surface area contributed by atoms with Gasteiger partial charge in [-0.1, -0.05) is 35.9 Å². The van der Waals surface area contributed by atoms with Gasteiger partial charge in [-0.3, -0.25) is 13.9 Å². The van der Waals surface area contributed by atoms with Gasteiger partial charge in [0.25, 0.3) is 15.9 Å². The summed E-state index contributed by atoms with van der Waals surface area (Å²) in [6.07, 6.45) is 3.07. The minimum atomic E-state index is -4.11. The van der Waals surface area contributed by atoms with Crippen LogP contribution in [0, 0.1) is 5.82 Å². The molecule has 1 unspecified atom stereocenters. The van der Waals surface area contributed by atoms with Gasteiger partial charge in [0.05, 0.1) is 16.6 Å². The van der Waals surface area contributed by atoms with Crippen LogP contribution in [0.2, 0.25) is 5.02 Å². The van der Waals surface area contributed by atoms with Crippen LogP contribution in [0.1, 0.15) is 47.7 Å². The number of anilines is 1. The topological polar surface area (TPSA) is 86.8 Å². The summed E-state index contributed by atoms with van der Waals surface area (Å²) in [5.74, 6) is -0.889. The number of piperidine rings is 1. The van der Waals surface area contributed by atoms with E-state index in [1.807, 2.05) is 18.2 Å². The van der Waals surface area contributed by atoms with Gasteiger partial charge in [-0.2, -0.15) is 0 Å². The van der Waals surface area contributed by atoms with Gasteiger partial charge in [0.15, 0.2) is 0 Å². The van der Waals surface area contributed by atoms with E-state index in [1.165, 1.54) is 23.4 Å². The van der Waals surface area contributed by atoms with E-state index in [-0.39, 0.29) is 23.3 Å². The third-order valence-electron chi connectivity index (χ3n) is 8.21. The van der Waals surface area contributed by atoms with Gasteiger partial charge in [-0.25, -0.2) is 12.8 Å². The van der Waals surface area contributed by atoms with E-state index in [1.54, 1.807) is 35.2 Å². The first-order chi connectivity index (χ1) is 19.6. The Bertz CT molecular complexity index is 1600. The summed E-state index contributed by atoms with van der Waals surface area (Å²) >= 11 is 6.25. The standard InChI is InChI=1S/C31H31ClFN3O4S/c1-3-6-29-31(15-17-35(18-16-31)21(2)37)26-19-22(30(38)34-20-23-7-4-5-8-27(23)32)9-14-28(26)36(29)41(39,40)25-12-10-24(33)11-13-25/h3-5,7-14,19,29H,1,6,15-18,20H2,2H3,(H,34,38). The zero-order chi connectivity index (χ0) is 29.4. The summed E-state index contributed by atoms with van der Waals surface area (Å²) in [7, 11) is -4.11. The van der Waals surface area contributed by atoms with E-state index in [9.17, 15) is 22.4 Å². The zero-order valence-corrected chi connectivity index (χ0v) is 24.2. The van der Waals surface area contributed by atoms with Crippen molar-refractivity contribution in [1.82, 2.24) is 10.2 Å². The molecule has 1 N–H and O–H groups in total. The average molecular weight is 596 g/mol. The normalized spacial score (nSPS) is 17.8. The number of nitrogens with zero attached hydrogens (tertiary/aromatic N) is 2. The number of fused-ring (bicyclic) bond motifs is 2. The average Bonchev–Trinajstić information content (AvgIpc) is 3.22. The maximum absolute atomic E-state index is 14.1. The Morgan fingerprint density at radius 1 is 1.10 bits per heavy atom. The van der Waals surface area contributed by atoms with Crippen molar-refractivity contribution < 1.29 is 22.4 Å². The molecule has 0 radical (unpaired) electrons. The Balaban J connectivity index is 1.58. The highest BCUT2D eigenvalue weighted by Crippen LogP contribution is 2.54. The highest BCUT2D eigenvalue weighted by molar-refractivity contribution is 7.92. The highest BCUT2D eigenvalue weighted by Gasteiger charge is 2.55. The summed E-state index contributed by atoms with van der Waals surface area (Å²) in [5.41, 5.74) is 1.72. The van der Waals surface area contributed by atoms with Crippen LogP contribution in [-0.4, -0.2) is 44.3 Å². The number of hydrogen-bond donors (Lipinski definition) is 1. The molecule has 2 aliphatic heterocycles. The first kappa shape index (κ1) is 28.8. The second-order valence-corrected chi connectivity index (χ2v) is 12.7. The second-order valence-electron chi connectivity index (χ2n) is 10.5. The molecule has 0 aromatic heterocycles. The van der Waals surface area contributed by atoms with Gasteiger partial charge in [0.1, 0.15) is 5.82 Å². The van der Waals surface area contributed by atoms with Crippen LogP contribution in [0.3, 0.4) is 0 Å². The van der Waals surface area contributed by atoms with Crippen molar-refractivity contribution in [2.24, 2.45) is 0 Å². The lowest BCUT2D eigenvalue weighted by atomic mass is 9.68. The van der Waals surface area contributed by atoms with Crippen LogP contribution in [0.4, 0.5) is 10.1 Å². The summed E-state index contributed by atoms with van der Waals surface area (Å²) in [5, 5.41) is 3.46. The van der Waals surface area contributed by atoms with Crippen molar-refractivity contribution >= 4 is 39.1 Å². The molecule has 0 aliphatic carbocycles. The molecule has 1 saturated heterocycles. The SMILES string of the molecule is C=CCC1N(S(=O)(=O)c2ccc(F)cc2)c2ccc(C(=O)NCc3ccccc3Cl)cc2C12CCN(C(C)=O)CC2. The van der Waals surface area contributed by atoms with E-state index in [0.29, 0.717) is 48.6 Å². The Morgan fingerprint density at radius 3 is 2.41 bits per heavy atom. The van der Waals surface area contributed by atoms with E-state index >= 15 is 0 Å². The third kappa shape index (κ3) is 5.24. The number of amides is 2. The molecular formula is C31H31ClFN3O4S. The van der Waals surface area contributed by atoms with Crippen LogP contribution in [0.5, 0.6) is 0 Å². The van der Waals surface area contributed by atoms with Gasteiger partial charge in [-0.15, -0.1) is 6.58 Å². The molecule has 2 amide bonds. The van der Waals surface area contributed by atoms with Gasteiger partial charge < -0.3 is 10.2 Å². The van der Waals surface area contributed by atoms with Crippen LogP contribution in [-0.2, 0) is 26.8 Å². The van der Waals surface area contributed by atoms with E-state index in [4.69, 9.17) is 11.6 Å². The highest BCUT2D eigenvalue weighted by atomic mass is 35.5. The Labute approximate surface area is 244 Å². The molecule has 1 atom stereocenters. The molecule has 3 aromatic carbocycles. The van der Waals surface area contributed by atoms with E-state index < -0.39 is 27.3 Å². The zero-order valence-electron chi connectivity index (χ0n) is 22.6. The minimum absolute atomic E-state index is 0.0290. The molecule has 214 valence electrons. The van der Waals surface area contributed by atoms with Crippen LogP contribution in [0.15, 0.2) is 84.3 Å². The number of halogens is 2. The van der Waals surface area contributed by atoms with Gasteiger partial charge in [0, 0.05) is 42.6 Å². The molecule has 1 spiro atoms. The smallest absolute Gasteiger partial charge is 0.264 e. The largest absolute Gasteiger partial charge is 0.348 e. The monoisotopic (exact) mass is 595 g/mol. The molecule has 1 fully saturated rings. The molecule has 41 heavy (non-hydrogen) atoms. The quantitative estimate of drug-likeness (QED) is 0.368. The molecule has 3 aromatic rings. The number of sulfonamides is 1. The molecular weight excluding hydrogens is 565 g/mol. The fourth-order valence-corrected chi connectivity index (χ4v) is 8.03. The van der Waals surface area contributed by atoms with Crippen LogP contribution >= 0.6 is 11.6 Å². The number of benzene rings is 3. The lowest BCUT2D eigenvalue weighted by molar-refractivity contribution is -0.130. The predicted molar refractivity (Wildman–Crippen MR) is 157 cm³/mol. The minimum Gasteiger partial charge on any atom is -0.348 e. The molecule has 0 saturated carbocycles. The number of likely N-dealkylation sites (tertiary alicyclic amines) is 1. The number of nitrogens with one attached hydrogen (secondary N) is 1. The Morgan fingerprint density at radius 2 is 1.78 bits per heavy atom. The first-order valence-corrected chi connectivity index (χ1v) is 15.2. The molecule has 5 rings (SSSR count). The lowest BCUT2D eigenvalue weighted by Crippen LogP contribution is -2.53. The first-order valence-electron chi connectivity index (χ1n) is 13.4. The number of carbonyl (C=O) groups is 2. The van der Waals surface area contributed by atoms with Crippen LogP contribution < -0.4 is 9.62 Å². The van der Waals surface area contributed by atoms with Crippen molar-refractivity contribution in [3.8, 4) is 0 Å². The van der Waals surface area contributed by atoms with Crippen molar-refractivity contribution in [2.45, 2.75) is 49.1 Å². The van der Waals surface area contributed by atoms with Crippen molar-refractivity contribution in [3.63, 3.8) is 0 Å². The molecule has 0 bridgehead atoms. The second kappa shape index (κ2) is 11.3. The molecule has 2 aliphatic rings. The van der Waals surface area contributed by atoms with E-state index in [0.717, 1.165) is 23.3 Å². The Kier molecular flexibility index (Phi) is 7.94. The number of carbonyl (C=O) groups excluding carboxylic acids is 2. The predicted octanol–water partition coefficient (Wildman–Crippen LogP) is 5.44. The molecule has 10 heteroatoms. The number of rotatable bonds is 7. The summed E-state index contributed by atoms with van der Waals surface area (Å²) in [6.45, 7) is 6.57. The van der Waals surface area contributed by atoms with E-state index in [2.05, 4.69) is 11.9 Å².